The molecule has 0 unspecified atom stereocenters. The molecule has 2 aromatic rings. The van der Waals surface area contributed by atoms with Crippen LogP contribution >= 0.6 is 11.6 Å². The largest absolute Gasteiger partial charge is 0.462 e. The Morgan fingerprint density at radius 2 is 1.96 bits per heavy atom. The lowest BCUT2D eigenvalue weighted by Crippen LogP contribution is -2.16. The van der Waals surface area contributed by atoms with Gasteiger partial charge in [0.15, 0.2) is 5.78 Å². The van der Waals surface area contributed by atoms with Gasteiger partial charge in [-0.15, -0.1) is 0 Å². The van der Waals surface area contributed by atoms with Crippen molar-refractivity contribution in [1.29, 1.82) is 0 Å². The van der Waals surface area contributed by atoms with E-state index in [4.69, 9.17) is 20.8 Å². The summed E-state index contributed by atoms with van der Waals surface area (Å²) in [7, 11) is 0. The summed E-state index contributed by atoms with van der Waals surface area (Å²) in [5, 5.41) is 2.89. The van der Waals surface area contributed by atoms with Crippen molar-refractivity contribution in [1.82, 2.24) is 0 Å². The highest BCUT2D eigenvalue weighted by atomic mass is 35.5. The van der Waals surface area contributed by atoms with Crippen molar-refractivity contribution in [3.63, 3.8) is 0 Å². The summed E-state index contributed by atoms with van der Waals surface area (Å²) in [6, 6.07) is 6.29. The molecule has 1 aromatic carbocycles. The second-order valence-electron chi connectivity index (χ2n) is 4.98. The number of benzene rings is 1. The van der Waals surface area contributed by atoms with E-state index in [9.17, 15) is 14.4 Å². The maximum absolute atomic E-state index is 12.3. The Morgan fingerprint density at radius 1 is 1.25 bits per heavy atom. The minimum atomic E-state index is -0.735. The quantitative estimate of drug-likeness (QED) is 0.654. The highest BCUT2D eigenvalue weighted by Crippen LogP contribution is 2.29. The van der Waals surface area contributed by atoms with Crippen molar-refractivity contribution in [2.75, 3.05) is 11.9 Å². The smallest absolute Gasteiger partial charge is 0.344 e. The van der Waals surface area contributed by atoms with E-state index in [1.165, 1.54) is 19.9 Å². The Balaban J connectivity index is 2.43. The van der Waals surface area contributed by atoms with E-state index in [1.54, 1.807) is 25.1 Å². The van der Waals surface area contributed by atoms with Crippen LogP contribution in [0.25, 0.3) is 0 Å². The molecule has 0 aliphatic carbocycles. The first-order valence-corrected chi connectivity index (χ1v) is 7.61. The SMILES string of the molecule is CCOC(=O)c1c(NC(=O)c2cccc(Cl)c2)oc(C)c1C(C)=O. The van der Waals surface area contributed by atoms with Crippen LogP contribution in [0, 0.1) is 6.92 Å². The second-order valence-corrected chi connectivity index (χ2v) is 5.41. The number of amides is 1. The zero-order valence-electron chi connectivity index (χ0n) is 13.4. The van der Waals surface area contributed by atoms with Gasteiger partial charge in [0.1, 0.15) is 11.3 Å². The number of carbonyl (C=O) groups is 3. The molecule has 0 atom stereocenters. The molecule has 0 aliphatic heterocycles. The number of nitrogens with one attached hydrogen (secondary N) is 1. The number of furan rings is 1. The van der Waals surface area contributed by atoms with Crippen LogP contribution in [0.1, 0.15) is 50.7 Å². The van der Waals surface area contributed by atoms with Gasteiger partial charge >= 0.3 is 5.97 Å². The minimum absolute atomic E-state index is 0.0859. The third-order valence-electron chi connectivity index (χ3n) is 3.23. The number of rotatable bonds is 5. The third kappa shape index (κ3) is 3.65. The summed E-state index contributed by atoms with van der Waals surface area (Å²) in [4.78, 5) is 36.3. The summed E-state index contributed by atoms with van der Waals surface area (Å²) in [5.74, 6) is -1.51. The fourth-order valence-electron chi connectivity index (χ4n) is 2.26. The molecule has 2 rings (SSSR count). The van der Waals surface area contributed by atoms with Crippen LogP contribution in [0.2, 0.25) is 5.02 Å². The molecule has 126 valence electrons. The number of anilines is 1. The number of ketones is 1. The normalized spacial score (nSPS) is 10.3. The lowest BCUT2D eigenvalue weighted by Gasteiger charge is -2.06. The monoisotopic (exact) mass is 349 g/mol. The predicted octanol–water partition coefficient (Wildman–Crippen LogP) is 3.87. The van der Waals surface area contributed by atoms with Gasteiger partial charge < -0.3 is 9.15 Å². The van der Waals surface area contributed by atoms with Gasteiger partial charge in [-0.25, -0.2) is 4.79 Å². The predicted molar refractivity (Wildman–Crippen MR) is 88.8 cm³/mol. The van der Waals surface area contributed by atoms with Gasteiger partial charge in [-0.1, -0.05) is 17.7 Å². The summed E-state index contributed by atoms with van der Waals surface area (Å²) >= 11 is 5.86. The van der Waals surface area contributed by atoms with Gasteiger partial charge in [0.2, 0.25) is 5.88 Å². The molecule has 0 spiro atoms. The minimum Gasteiger partial charge on any atom is -0.462 e. The maximum atomic E-state index is 12.3. The molecular formula is C17H16ClNO5. The lowest BCUT2D eigenvalue weighted by molar-refractivity contribution is 0.0524. The van der Waals surface area contributed by atoms with Crippen molar-refractivity contribution in [3.05, 3.63) is 51.7 Å². The van der Waals surface area contributed by atoms with Gasteiger partial charge in [0, 0.05) is 10.6 Å². The Morgan fingerprint density at radius 3 is 2.54 bits per heavy atom. The number of hydrogen-bond acceptors (Lipinski definition) is 5. The van der Waals surface area contributed by atoms with Crippen LogP contribution in [-0.2, 0) is 4.74 Å². The average molecular weight is 350 g/mol. The van der Waals surface area contributed by atoms with E-state index in [-0.39, 0.29) is 40.7 Å². The first-order valence-electron chi connectivity index (χ1n) is 7.23. The number of halogens is 1. The summed E-state index contributed by atoms with van der Waals surface area (Å²) in [6.07, 6.45) is 0. The van der Waals surface area contributed by atoms with Crippen LogP contribution in [0.3, 0.4) is 0 Å². The number of aryl methyl sites for hydroxylation is 1. The van der Waals surface area contributed by atoms with Gasteiger partial charge in [0.05, 0.1) is 12.2 Å². The zero-order valence-corrected chi connectivity index (χ0v) is 14.2. The molecule has 1 N–H and O–H groups in total. The molecular weight excluding hydrogens is 334 g/mol. The molecule has 0 saturated carbocycles. The molecule has 0 bridgehead atoms. The van der Waals surface area contributed by atoms with Crippen LogP contribution in [0.4, 0.5) is 5.88 Å². The Bertz CT molecular complexity index is 809. The maximum Gasteiger partial charge on any atom is 0.344 e. The van der Waals surface area contributed by atoms with Crippen molar-refractivity contribution in [2.45, 2.75) is 20.8 Å². The van der Waals surface area contributed by atoms with Crippen LogP contribution in [-0.4, -0.2) is 24.3 Å². The van der Waals surface area contributed by atoms with Gasteiger partial charge in [-0.05, 0) is 39.0 Å². The van der Waals surface area contributed by atoms with Crippen molar-refractivity contribution in [3.8, 4) is 0 Å². The van der Waals surface area contributed by atoms with Gasteiger partial charge in [0.25, 0.3) is 5.91 Å². The summed E-state index contributed by atoms with van der Waals surface area (Å²) in [6.45, 7) is 4.61. The number of hydrogen-bond donors (Lipinski definition) is 1. The second kappa shape index (κ2) is 7.31. The van der Waals surface area contributed by atoms with E-state index in [0.29, 0.717) is 5.02 Å². The van der Waals surface area contributed by atoms with Crippen molar-refractivity contribution >= 4 is 35.1 Å². The first-order chi connectivity index (χ1) is 11.3. The van der Waals surface area contributed by atoms with Crippen LogP contribution in [0.15, 0.2) is 28.7 Å². The van der Waals surface area contributed by atoms with E-state index in [0.717, 1.165) is 0 Å². The lowest BCUT2D eigenvalue weighted by atomic mass is 10.1. The molecule has 0 saturated heterocycles. The molecule has 7 heteroatoms. The van der Waals surface area contributed by atoms with E-state index in [2.05, 4.69) is 5.32 Å². The fraction of sp³-hybridized carbons (Fsp3) is 0.235. The molecule has 1 amide bonds. The fourth-order valence-corrected chi connectivity index (χ4v) is 2.45. The number of Topliss-reactive ketones (excluding diaryl/α,β-unsaturated/α-hetero) is 1. The van der Waals surface area contributed by atoms with Gasteiger partial charge in [-0.2, -0.15) is 0 Å². The highest BCUT2D eigenvalue weighted by Gasteiger charge is 2.28. The topological polar surface area (TPSA) is 85.6 Å². The number of esters is 1. The Hall–Kier alpha value is -2.60. The number of ether oxygens (including phenoxy) is 1. The molecule has 0 fully saturated rings. The van der Waals surface area contributed by atoms with Crippen LogP contribution < -0.4 is 5.32 Å². The Labute approximate surface area is 143 Å². The zero-order chi connectivity index (χ0) is 17.9. The Kier molecular flexibility index (Phi) is 5.41. The molecule has 24 heavy (non-hydrogen) atoms. The average Bonchev–Trinajstić information content (AvgIpc) is 2.83. The molecule has 0 radical (unpaired) electrons. The summed E-state index contributed by atoms with van der Waals surface area (Å²) in [5.41, 5.74) is 0.294. The standard InChI is InChI=1S/C17H16ClNO5/c1-4-23-17(22)14-13(9(2)20)10(3)24-16(14)19-15(21)11-6-5-7-12(18)8-11/h5-8H,4H2,1-3H3,(H,19,21). The van der Waals surface area contributed by atoms with E-state index in [1.807, 2.05) is 0 Å². The highest BCUT2D eigenvalue weighted by molar-refractivity contribution is 6.31. The van der Waals surface area contributed by atoms with E-state index < -0.39 is 11.9 Å². The number of carbonyl (C=O) groups excluding carboxylic acids is 3. The molecule has 1 aromatic heterocycles. The molecule has 1 heterocycles. The van der Waals surface area contributed by atoms with Crippen molar-refractivity contribution in [2.24, 2.45) is 0 Å². The molecule has 0 aliphatic rings. The first kappa shape index (κ1) is 17.7. The van der Waals surface area contributed by atoms with Gasteiger partial charge in [-0.3, -0.25) is 14.9 Å². The van der Waals surface area contributed by atoms with Crippen LogP contribution in [0.5, 0.6) is 0 Å². The summed E-state index contributed by atoms with van der Waals surface area (Å²) < 4.78 is 10.4. The third-order valence-corrected chi connectivity index (χ3v) is 3.46. The molecule has 6 nitrogen and oxygen atoms in total. The van der Waals surface area contributed by atoms with Crippen molar-refractivity contribution < 1.29 is 23.5 Å². The van der Waals surface area contributed by atoms with E-state index >= 15 is 0 Å².